The van der Waals surface area contributed by atoms with Crippen LogP contribution in [0.1, 0.15) is 27.9 Å². The molecule has 0 aliphatic heterocycles. The second-order valence-corrected chi connectivity index (χ2v) is 5.83. The standard InChI is InChI=1S/C17H16BrNO/c18-17-14-7-9-16(20)13(14)6-8-15(17)19-11-10-12-4-2-1-3-5-12/h1-6,8,19H,7,9-11H2. The van der Waals surface area contributed by atoms with E-state index in [4.69, 9.17) is 0 Å². The van der Waals surface area contributed by atoms with E-state index in [1.807, 2.05) is 18.2 Å². The summed E-state index contributed by atoms with van der Waals surface area (Å²) in [4.78, 5) is 11.7. The molecular weight excluding hydrogens is 314 g/mol. The Bertz CT molecular complexity index is 637. The Labute approximate surface area is 127 Å². The van der Waals surface area contributed by atoms with Gasteiger partial charge in [0.15, 0.2) is 5.78 Å². The molecule has 0 unspecified atom stereocenters. The molecule has 0 saturated carbocycles. The van der Waals surface area contributed by atoms with Gasteiger partial charge in [-0.25, -0.2) is 0 Å². The molecule has 0 aromatic heterocycles. The summed E-state index contributed by atoms with van der Waals surface area (Å²) in [7, 11) is 0. The minimum atomic E-state index is 0.261. The van der Waals surface area contributed by atoms with Gasteiger partial charge in [0, 0.05) is 28.7 Å². The van der Waals surface area contributed by atoms with Crippen LogP contribution in [-0.4, -0.2) is 12.3 Å². The van der Waals surface area contributed by atoms with Crippen molar-refractivity contribution in [2.45, 2.75) is 19.3 Å². The Morgan fingerprint density at radius 3 is 2.65 bits per heavy atom. The molecule has 0 heterocycles. The molecule has 1 aliphatic carbocycles. The van der Waals surface area contributed by atoms with Gasteiger partial charge >= 0.3 is 0 Å². The van der Waals surface area contributed by atoms with Crippen molar-refractivity contribution in [2.75, 3.05) is 11.9 Å². The molecule has 102 valence electrons. The van der Waals surface area contributed by atoms with Crippen molar-refractivity contribution in [1.29, 1.82) is 0 Å². The van der Waals surface area contributed by atoms with Gasteiger partial charge in [-0.2, -0.15) is 0 Å². The molecule has 1 N–H and O–H groups in total. The number of benzene rings is 2. The lowest BCUT2D eigenvalue weighted by Gasteiger charge is -2.11. The third kappa shape index (κ3) is 2.63. The number of hydrogen-bond donors (Lipinski definition) is 1. The van der Waals surface area contributed by atoms with E-state index in [1.165, 1.54) is 5.56 Å². The van der Waals surface area contributed by atoms with Crippen LogP contribution >= 0.6 is 15.9 Å². The second kappa shape index (κ2) is 5.80. The van der Waals surface area contributed by atoms with E-state index in [0.717, 1.165) is 40.7 Å². The van der Waals surface area contributed by atoms with Crippen molar-refractivity contribution in [1.82, 2.24) is 0 Å². The molecule has 0 atom stereocenters. The van der Waals surface area contributed by atoms with Gasteiger partial charge in [-0.05, 0) is 52.0 Å². The van der Waals surface area contributed by atoms with E-state index in [9.17, 15) is 4.79 Å². The Balaban J connectivity index is 1.68. The summed E-state index contributed by atoms with van der Waals surface area (Å²) < 4.78 is 1.05. The molecule has 3 rings (SSSR count). The maximum Gasteiger partial charge on any atom is 0.163 e. The fourth-order valence-corrected chi connectivity index (χ4v) is 3.31. The molecule has 20 heavy (non-hydrogen) atoms. The third-order valence-corrected chi connectivity index (χ3v) is 4.62. The number of halogens is 1. The van der Waals surface area contributed by atoms with Gasteiger partial charge in [0.2, 0.25) is 0 Å². The van der Waals surface area contributed by atoms with Crippen LogP contribution in [0.4, 0.5) is 5.69 Å². The average molecular weight is 330 g/mol. The van der Waals surface area contributed by atoms with Crippen LogP contribution < -0.4 is 5.32 Å². The Morgan fingerprint density at radius 1 is 1.05 bits per heavy atom. The van der Waals surface area contributed by atoms with Crippen molar-refractivity contribution >= 4 is 27.4 Å². The first-order chi connectivity index (χ1) is 9.75. The molecule has 2 nitrogen and oxygen atoms in total. The van der Waals surface area contributed by atoms with E-state index in [2.05, 4.69) is 45.5 Å². The summed E-state index contributed by atoms with van der Waals surface area (Å²) in [6.45, 7) is 0.884. The van der Waals surface area contributed by atoms with Gasteiger partial charge in [0.05, 0.1) is 0 Å². The molecule has 3 heteroatoms. The minimum absolute atomic E-state index is 0.261. The summed E-state index contributed by atoms with van der Waals surface area (Å²) in [5.74, 6) is 0.261. The van der Waals surface area contributed by atoms with E-state index in [1.54, 1.807) is 0 Å². The quantitative estimate of drug-likeness (QED) is 0.909. The lowest BCUT2D eigenvalue weighted by atomic mass is 10.1. The highest BCUT2D eigenvalue weighted by molar-refractivity contribution is 9.10. The van der Waals surface area contributed by atoms with Crippen molar-refractivity contribution in [3.63, 3.8) is 0 Å². The van der Waals surface area contributed by atoms with Gasteiger partial charge in [-0.1, -0.05) is 30.3 Å². The van der Waals surface area contributed by atoms with Crippen molar-refractivity contribution in [3.05, 3.63) is 63.6 Å². The number of rotatable bonds is 4. The minimum Gasteiger partial charge on any atom is -0.384 e. The van der Waals surface area contributed by atoms with Crippen LogP contribution in [0.3, 0.4) is 0 Å². The molecule has 0 spiro atoms. The third-order valence-electron chi connectivity index (χ3n) is 3.72. The largest absolute Gasteiger partial charge is 0.384 e. The molecule has 2 aromatic rings. The Hall–Kier alpha value is -1.61. The number of Topliss-reactive ketones (excluding diaryl/α,β-unsaturated/α-hetero) is 1. The zero-order valence-electron chi connectivity index (χ0n) is 11.2. The molecule has 2 aromatic carbocycles. The second-order valence-electron chi connectivity index (χ2n) is 5.04. The zero-order chi connectivity index (χ0) is 13.9. The maximum atomic E-state index is 11.7. The summed E-state index contributed by atoms with van der Waals surface area (Å²) >= 11 is 3.63. The van der Waals surface area contributed by atoms with Gasteiger partial charge in [-0.3, -0.25) is 4.79 Å². The van der Waals surface area contributed by atoms with Crippen LogP contribution in [0.2, 0.25) is 0 Å². The Morgan fingerprint density at radius 2 is 1.85 bits per heavy atom. The first-order valence-corrected chi connectivity index (χ1v) is 7.67. The molecular formula is C17H16BrNO. The van der Waals surface area contributed by atoms with Crippen molar-refractivity contribution in [2.24, 2.45) is 0 Å². The van der Waals surface area contributed by atoms with Crippen molar-refractivity contribution < 1.29 is 4.79 Å². The van der Waals surface area contributed by atoms with Crippen molar-refractivity contribution in [3.8, 4) is 0 Å². The monoisotopic (exact) mass is 329 g/mol. The van der Waals surface area contributed by atoms with Crippen LogP contribution in [0.25, 0.3) is 0 Å². The molecule has 0 radical (unpaired) electrons. The molecule has 0 bridgehead atoms. The summed E-state index contributed by atoms with van der Waals surface area (Å²) in [5.41, 5.74) is 4.44. The lowest BCUT2D eigenvalue weighted by Crippen LogP contribution is -2.06. The molecule has 0 fully saturated rings. The number of carbonyl (C=O) groups excluding carboxylic acids is 1. The lowest BCUT2D eigenvalue weighted by molar-refractivity contribution is 0.0994. The number of hydrogen-bond acceptors (Lipinski definition) is 2. The highest BCUT2D eigenvalue weighted by Crippen LogP contribution is 2.34. The molecule has 0 amide bonds. The first kappa shape index (κ1) is 13.4. The van der Waals surface area contributed by atoms with E-state index >= 15 is 0 Å². The summed E-state index contributed by atoms with van der Waals surface area (Å²) in [6, 6.07) is 14.4. The van der Waals surface area contributed by atoms with Gasteiger partial charge < -0.3 is 5.32 Å². The highest BCUT2D eigenvalue weighted by Gasteiger charge is 2.22. The van der Waals surface area contributed by atoms with Crippen LogP contribution in [0.15, 0.2) is 46.9 Å². The first-order valence-electron chi connectivity index (χ1n) is 6.88. The molecule has 0 saturated heterocycles. The number of ketones is 1. The van der Waals surface area contributed by atoms with Gasteiger partial charge in [-0.15, -0.1) is 0 Å². The summed E-state index contributed by atoms with van der Waals surface area (Å²) in [6.07, 6.45) is 2.48. The number of nitrogens with one attached hydrogen (secondary N) is 1. The summed E-state index contributed by atoms with van der Waals surface area (Å²) in [5, 5.41) is 3.45. The fraction of sp³-hybridized carbons (Fsp3) is 0.235. The predicted molar refractivity (Wildman–Crippen MR) is 85.4 cm³/mol. The van der Waals surface area contributed by atoms with E-state index in [-0.39, 0.29) is 5.78 Å². The highest BCUT2D eigenvalue weighted by atomic mass is 79.9. The topological polar surface area (TPSA) is 29.1 Å². The SMILES string of the molecule is O=C1CCc2c1ccc(NCCc1ccccc1)c2Br. The number of anilines is 1. The normalized spacial score (nSPS) is 13.3. The van der Waals surface area contributed by atoms with E-state index in [0.29, 0.717) is 6.42 Å². The Kier molecular flexibility index (Phi) is 3.88. The van der Waals surface area contributed by atoms with Crippen LogP contribution in [-0.2, 0) is 12.8 Å². The van der Waals surface area contributed by atoms with Crippen LogP contribution in [0, 0.1) is 0 Å². The smallest absolute Gasteiger partial charge is 0.163 e. The fourth-order valence-electron chi connectivity index (χ4n) is 2.62. The maximum absolute atomic E-state index is 11.7. The van der Waals surface area contributed by atoms with E-state index < -0.39 is 0 Å². The van der Waals surface area contributed by atoms with Gasteiger partial charge in [0.1, 0.15) is 0 Å². The molecule has 1 aliphatic rings. The van der Waals surface area contributed by atoms with Crippen LogP contribution in [0.5, 0.6) is 0 Å². The zero-order valence-corrected chi connectivity index (χ0v) is 12.7. The predicted octanol–water partition coefficient (Wildman–Crippen LogP) is 4.23. The average Bonchev–Trinajstić information content (AvgIpc) is 2.85. The number of fused-ring (bicyclic) bond motifs is 1. The number of carbonyl (C=O) groups is 1. The van der Waals surface area contributed by atoms with Gasteiger partial charge in [0.25, 0.3) is 0 Å².